The third-order valence-corrected chi connectivity index (χ3v) is 6.03. The number of benzene rings is 2. The number of hydrogen-bond acceptors (Lipinski definition) is 5. The van der Waals surface area contributed by atoms with Crippen molar-refractivity contribution in [1.29, 1.82) is 0 Å². The zero-order valence-corrected chi connectivity index (χ0v) is 16.9. The first-order valence-corrected chi connectivity index (χ1v) is 10.5. The molecular weight excluding hydrogens is 398 g/mol. The lowest BCUT2D eigenvalue weighted by molar-refractivity contribution is -0.115. The van der Waals surface area contributed by atoms with Gasteiger partial charge in [-0.1, -0.05) is 23.7 Å². The minimum absolute atomic E-state index is 0.0739. The van der Waals surface area contributed by atoms with Crippen molar-refractivity contribution in [3.63, 3.8) is 0 Å². The summed E-state index contributed by atoms with van der Waals surface area (Å²) < 4.78 is 1.07. The fraction of sp³-hybridized carbons (Fsp3) is 0.150. The molecule has 1 amide bonds. The monoisotopic (exact) mass is 413 g/mol. The third-order valence-electron chi connectivity index (χ3n) is 3.96. The van der Waals surface area contributed by atoms with Crippen molar-refractivity contribution < 1.29 is 4.79 Å². The van der Waals surface area contributed by atoms with E-state index in [2.05, 4.69) is 15.3 Å². The first kappa shape index (κ1) is 18.1. The number of nitrogens with one attached hydrogen (secondary N) is 1. The summed E-state index contributed by atoms with van der Waals surface area (Å²) in [5.74, 6) is -0.0739. The van der Waals surface area contributed by atoms with Crippen molar-refractivity contribution >= 4 is 56.1 Å². The molecule has 4 aromatic rings. The molecule has 0 bridgehead atoms. The molecule has 136 valence electrons. The number of fused-ring (bicyclic) bond motifs is 1. The van der Waals surface area contributed by atoms with Crippen LogP contribution >= 0.6 is 34.3 Å². The molecule has 1 N–H and O–H groups in total. The van der Waals surface area contributed by atoms with E-state index in [1.165, 1.54) is 0 Å². The standard InChI is InChI=1S/C20H16ClN3OS2/c1-12-22-17-6-5-15(9-18(17)27-12)23-19(25)10-16-11-26-20(24-16)8-13-3-2-4-14(21)7-13/h2-7,9,11H,8,10H2,1H3,(H,23,25). The van der Waals surface area contributed by atoms with Gasteiger partial charge in [0.05, 0.1) is 32.3 Å². The topological polar surface area (TPSA) is 54.9 Å². The highest BCUT2D eigenvalue weighted by Crippen LogP contribution is 2.25. The van der Waals surface area contributed by atoms with Crippen LogP contribution in [0.5, 0.6) is 0 Å². The molecule has 7 heteroatoms. The van der Waals surface area contributed by atoms with E-state index < -0.39 is 0 Å². The van der Waals surface area contributed by atoms with E-state index in [9.17, 15) is 4.79 Å². The van der Waals surface area contributed by atoms with Gasteiger partial charge in [0.25, 0.3) is 0 Å². The molecule has 0 aliphatic heterocycles. The van der Waals surface area contributed by atoms with Gasteiger partial charge in [-0.15, -0.1) is 22.7 Å². The van der Waals surface area contributed by atoms with Crippen LogP contribution < -0.4 is 5.32 Å². The zero-order valence-electron chi connectivity index (χ0n) is 14.5. The van der Waals surface area contributed by atoms with Crippen molar-refractivity contribution in [2.24, 2.45) is 0 Å². The number of amides is 1. The Morgan fingerprint density at radius 1 is 1.19 bits per heavy atom. The van der Waals surface area contributed by atoms with Crippen LogP contribution in [0, 0.1) is 6.92 Å². The smallest absolute Gasteiger partial charge is 0.230 e. The highest BCUT2D eigenvalue weighted by molar-refractivity contribution is 7.18. The number of anilines is 1. The van der Waals surface area contributed by atoms with E-state index in [1.807, 2.05) is 54.8 Å². The number of aryl methyl sites for hydroxylation is 1. The molecule has 2 aromatic heterocycles. The molecule has 0 spiro atoms. The molecule has 27 heavy (non-hydrogen) atoms. The fourth-order valence-corrected chi connectivity index (χ4v) is 4.73. The lowest BCUT2D eigenvalue weighted by Gasteiger charge is -2.04. The molecule has 0 aliphatic rings. The number of carbonyl (C=O) groups is 1. The second kappa shape index (κ2) is 7.76. The quantitative estimate of drug-likeness (QED) is 0.470. The summed E-state index contributed by atoms with van der Waals surface area (Å²) in [6.07, 6.45) is 0.972. The maximum atomic E-state index is 12.4. The Labute approximate surface area is 169 Å². The highest BCUT2D eigenvalue weighted by atomic mass is 35.5. The van der Waals surface area contributed by atoms with Crippen LogP contribution in [-0.2, 0) is 17.6 Å². The highest BCUT2D eigenvalue weighted by Gasteiger charge is 2.10. The molecule has 0 radical (unpaired) electrons. The number of halogens is 1. The molecule has 4 rings (SSSR count). The minimum atomic E-state index is -0.0739. The average molecular weight is 414 g/mol. The van der Waals surface area contributed by atoms with Crippen LogP contribution in [0.3, 0.4) is 0 Å². The van der Waals surface area contributed by atoms with Gasteiger partial charge in [-0.25, -0.2) is 9.97 Å². The van der Waals surface area contributed by atoms with Crippen LogP contribution in [-0.4, -0.2) is 15.9 Å². The largest absolute Gasteiger partial charge is 0.326 e. The van der Waals surface area contributed by atoms with E-state index in [4.69, 9.17) is 11.6 Å². The van der Waals surface area contributed by atoms with Crippen molar-refractivity contribution in [3.05, 3.63) is 74.1 Å². The second-order valence-corrected chi connectivity index (χ2v) is 8.79. The Bertz CT molecular complexity index is 1120. The Balaban J connectivity index is 1.39. The van der Waals surface area contributed by atoms with Gasteiger partial charge < -0.3 is 5.32 Å². The fourth-order valence-electron chi connectivity index (χ4n) is 2.82. The van der Waals surface area contributed by atoms with Crippen LogP contribution in [0.1, 0.15) is 21.3 Å². The van der Waals surface area contributed by atoms with Crippen molar-refractivity contribution in [2.45, 2.75) is 19.8 Å². The number of nitrogens with zero attached hydrogens (tertiary/aromatic N) is 2. The molecule has 4 nitrogen and oxygen atoms in total. The number of thiazole rings is 2. The van der Waals surface area contributed by atoms with Crippen molar-refractivity contribution in [3.8, 4) is 0 Å². The summed E-state index contributed by atoms with van der Waals surface area (Å²) in [6.45, 7) is 1.98. The first-order valence-electron chi connectivity index (χ1n) is 8.40. The van der Waals surface area contributed by atoms with Gasteiger partial charge in [-0.05, 0) is 42.8 Å². The zero-order chi connectivity index (χ0) is 18.8. The molecule has 2 heterocycles. The van der Waals surface area contributed by atoms with Gasteiger partial charge in [0.15, 0.2) is 0 Å². The second-order valence-electron chi connectivity index (χ2n) is 6.18. The Morgan fingerprint density at radius 2 is 2.07 bits per heavy atom. The van der Waals surface area contributed by atoms with Crippen LogP contribution in [0.25, 0.3) is 10.2 Å². The summed E-state index contributed by atoms with van der Waals surface area (Å²) in [4.78, 5) is 21.4. The number of carbonyl (C=O) groups excluding carboxylic acids is 1. The molecule has 0 unspecified atom stereocenters. The van der Waals surface area contributed by atoms with Crippen LogP contribution in [0.15, 0.2) is 47.8 Å². The third kappa shape index (κ3) is 4.53. The molecular formula is C20H16ClN3OS2. The van der Waals surface area contributed by atoms with Crippen molar-refractivity contribution in [1.82, 2.24) is 9.97 Å². The first-order chi connectivity index (χ1) is 13.0. The summed E-state index contributed by atoms with van der Waals surface area (Å²) in [5.41, 5.74) is 3.64. The van der Waals surface area contributed by atoms with Gasteiger partial charge in [-0.3, -0.25) is 4.79 Å². The summed E-state index contributed by atoms with van der Waals surface area (Å²) in [5, 5.41) is 7.59. The Kier molecular flexibility index (Phi) is 5.20. The van der Waals surface area contributed by atoms with E-state index in [0.717, 1.165) is 42.2 Å². The summed E-state index contributed by atoms with van der Waals surface area (Å²) >= 11 is 9.21. The van der Waals surface area contributed by atoms with Gasteiger partial charge in [0.2, 0.25) is 5.91 Å². The van der Waals surface area contributed by atoms with E-state index in [1.54, 1.807) is 22.7 Å². The summed E-state index contributed by atoms with van der Waals surface area (Å²) in [7, 11) is 0. The molecule has 0 aliphatic carbocycles. The molecule has 0 saturated heterocycles. The normalized spacial score (nSPS) is 11.0. The molecule has 0 atom stereocenters. The average Bonchev–Trinajstić information content (AvgIpc) is 3.19. The maximum Gasteiger partial charge on any atom is 0.230 e. The van der Waals surface area contributed by atoms with Gasteiger partial charge >= 0.3 is 0 Å². The van der Waals surface area contributed by atoms with E-state index >= 15 is 0 Å². The van der Waals surface area contributed by atoms with Gasteiger partial charge in [0.1, 0.15) is 0 Å². The molecule has 0 saturated carbocycles. The van der Waals surface area contributed by atoms with Crippen LogP contribution in [0.4, 0.5) is 5.69 Å². The maximum absolute atomic E-state index is 12.4. The Hall–Kier alpha value is -2.28. The predicted molar refractivity (Wildman–Crippen MR) is 113 cm³/mol. The molecule has 2 aromatic carbocycles. The summed E-state index contributed by atoms with van der Waals surface area (Å²) in [6, 6.07) is 13.5. The van der Waals surface area contributed by atoms with E-state index in [0.29, 0.717) is 6.42 Å². The minimum Gasteiger partial charge on any atom is -0.326 e. The van der Waals surface area contributed by atoms with Gasteiger partial charge in [0, 0.05) is 22.5 Å². The number of aromatic nitrogens is 2. The number of rotatable bonds is 5. The lowest BCUT2D eigenvalue weighted by atomic mass is 10.2. The molecule has 0 fully saturated rings. The predicted octanol–water partition coefficient (Wildman–Crippen LogP) is 5.49. The van der Waals surface area contributed by atoms with Crippen LogP contribution in [0.2, 0.25) is 5.02 Å². The van der Waals surface area contributed by atoms with E-state index in [-0.39, 0.29) is 12.3 Å². The number of hydrogen-bond donors (Lipinski definition) is 1. The Morgan fingerprint density at radius 3 is 2.93 bits per heavy atom. The lowest BCUT2D eigenvalue weighted by Crippen LogP contribution is -2.14. The van der Waals surface area contributed by atoms with Gasteiger partial charge in [-0.2, -0.15) is 0 Å². The van der Waals surface area contributed by atoms with Crippen molar-refractivity contribution in [2.75, 3.05) is 5.32 Å². The SMILES string of the molecule is Cc1nc2ccc(NC(=O)Cc3csc(Cc4cccc(Cl)c4)n3)cc2s1.